The summed E-state index contributed by atoms with van der Waals surface area (Å²) in [5.41, 5.74) is 3.76. The molecule has 0 atom stereocenters. The van der Waals surface area contributed by atoms with Crippen molar-refractivity contribution in [3.8, 4) is 0 Å². The van der Waals surface area contributed by atoms with Crippen LogP contribution in [-0.4, -0.2) is 22.9 Å². The number of rotatable bonds is 1. The lowest BCUT2D eigenvalue weighted by Gasteiger charge is -2.44. The van der Waals surface area contributed by atoms with Crippen LogP contribution < -0.4 is 4.90 Å². The number of hydrogen-bond acceptors (Lipinski definition) is 3. The van der Waals surface area contributed by atoms with Crippen LogP contribution in [0.4, 0.5) is 5.69 Å². The van der Waals surface area contributed by atoms with E-state index in [-0.39, 0.29) is 5.91 Å². The zero-order valence-electron chi connectivity index (χ0n) is 13.4. The molecule has 118 valence electrons. The van der Waals surface area contributed by atoms with E-state index in [4.69, 9.17) is 0 Å². The topological polar surface area (TPSA) is 46.1 Å². The van der Waals surface area contributed by atoms with Crippen molar-refractivity contribution in [3.05, 3.63) is 66.1 Å². The Labute approximate surface area is 140 Å². The fourth-order valence-corrected chi connectivity index (χ4v) is 4.41. The molecule has 0 saturated heterocycles. The Morgan fingerprint density at radius 2 is 1.88 bits per heavy atom. The molecule has 24 heavy (non-hydrogen) atoms. The fourth-order valence-electron chi connectivity index (χ4n) is 4.41. The van der Waals surface area contributed by atoms with Crippen LogP contribution in [0.1, 0.15) is 30.0 Å². The van der Waals surface area contributed by atoms with Gasteiger partial charge < -0.3 is 4.90 Å². The van der Waals surface area contributed by atoms with Crippen LogP contribution in [0.2, 0.25) is 0 Å². The summed E-state index contributed by atoms with van der Waals surface area (Å²) in [6.45, 7) is 0. The number of pyridine rings is 2. The van der Waals surface area contributed by atoms with Gasteiger partial charge in [-0.05, 0) is 31.0 Å². The Balaban J connectivity index is 1.65. The van der Waals surface area contributed by atoms with E-state index in [0.29, 0.717) is 5.92 Å². The number of benzene rings is 1. The number of likely N-dealkylation sites (N-methyl/N-ethyl adjacent to an activating group) is 1. The van der Waals surface area contributed by atoms with Gasteiger partial charge in [0.1, 0.15) is 0 Å². The van der Waals surface area contributed by atoms with Crippen molar-refractivity contribution in [3.63, 3.8) is 0 Å². The van der Waals surface area contributed by atoms with Crippen LogP contribution in [0, 0.1) is 0 Å². The quantitative estimate of drug-likeness (QED) is 0.691. The van der Waals surface area contributed by atoms with Gasteiger partial charge in [0.05, 0.1) is 22.8 Å². The largest absolute Gasteiger partial charge is 0.313 e. The van der Waals surface area contributed by atoms with Crippen molar-refractivity contribution in [1.29, 1.82) is 0 Å². The smallest absolute Gasteiger partial charge is 0.237 e. The van der Waals surface area contributed by atoms with Gasteiger partial charge in [0.2, 0.25) is 5.91 Å². The molecule has 0 bridgehead atoms. The van der Waals surface area contributed by atoms with E-state index in [1.165, 1.54) is 0 Å². The molecule has 0 N–H and O–H groups in total. The highest BCUT2D eigenvalue weighted by Gasteiger charge is 2.58. The number of aromatic nitrogens is 2. The Kier molecular flexibility index (Phi) is 2.64. The van der Waals surface area contributed by atoms with Gasteiger partial charge in [-0.15, -0.1) is 0 Å². The molecule has 4 nitrogen and oxygen atoms in total. The van der Waals surface area contributed by atoms with Gasteiger partial charge in [0.25, 0.3) is 0 Å². The predicted octanol–water partition coefficient (Wildman–Crippen LogP) is 3.42. The standard InChI is InChI=1S/C20H17N3O/c1-23-17-12-22-16-8-3-2-6-14(16)18(17)20(19(23)24)10-13(11-20)15-7-4-5-9-21-15/h2-9,12-13H,10-11H2,1H3. The molecular weight excluding hydrogens is 298 g/mol. The van der Waals surface area contributed by atoms with Gasteiger partial charge in [0, 0.05) is 35.8 Å². The van der Waals surface area contributed by atoms with Crippen LogP contribution in [-0.2, 0) is 10.2 Å². The van der Waals surface area contributed by atoms with Crippen molar-refractivity contribution in [2.24, 2.45) is 0 Å². The first-order valence-corrected chi connectivity index (χ1v) is 8.28. The number of carbonyl (C=O) groups excluding carboxylic acids is 1. The summed E-state index contributed by atoms with van der Waals surface area (Å²) in [7, 11) is 1.86. The molecule has 1 aliphatic carbocycles. The number of para-hydroxylation sites is 1. The molecule has 0 unspecified atom stereocenters. The van der Waals surface area contributed by atoms with Crippen molar-refractivity contribution in [2.75, 3.05) is 11.9 Å². The van der Waals surface area contributed by atoms with Crippen molar-refractivity contribution in [1.82, 2.24) is 9.97 Å². The SMILES string of the molecule is CN1C(=O)C2(CC(c3ccccn3)C2)c2c1cnc1ccccc21. The second kappa shape index (κ2) is 4.63. The Bertz CT molecular complexity index is 961. The van der Waals surface area contributed by atoms with E-state index < -0.39 is 5.41 Å². The summed E-state index contributed by atoms with van der Waals surface area (Å²) in [6.07, 6.45) is 5.33. The molecule has 1 fully saturated rings. The van der Waals surface area contributed by atoms with Crippen molar-refractivity contribution >= 4 is 22.5 Å². The molecule has 1 amide bonds. The van der Waals surface area contributed by atoms with Crippen LogP contribution in [0.25, 0.3) is 10.9 Å². The van der Waals surface area contributed by atoms with E-state index >= 15 is 0 Å². The van der Waals surface area contributed by atoms with E-state index in [0.717, 1.165) is 40.7 Å². The maximum Gasteiger partial charge on any atom is 0.237 e. The molecule has 1 saturated carbocycles. The third kappa shape index (κ3) is 1.60. The molecule has 3 aromatic rings. The molecule has 3 heterocycles. The highest BCUT2D eigenvalue weighted by atomic mass is 16.2. The van der Waals surface area contributed by atoms with Crippen molar-refractivity contribution < 1.29 is 4.79 Å². The number of amides is 1. The zero-order valence-corrected chi connectivity index (χ0v) is 13.4. The summed E-state index contributed by atoms with van der Waals surface area (Å²) in [5, 5.41) is 1.10. The Hall–Kier alpha value is -2.75. The summed E-state index contributed by atoms with van der Waals surface area (Å²) < 4.78 is 0. The molecule has 4 heteroatoms. The maximum atomic E-state index is 13.1. The molecule has 1 aliphatic heterocycles. The summed E-state index contributed by atoms with van der Waals surface area (Å²) >= 11 is 0. The number of anilines is 1. The second-order valence-electron chi connectivity index (χ2n) is 6.84. The van der Waals surface area contributed by atoms with E-state index in [1.807, 2.05) is 49.8 Å². The minimum atomic E-state index is -0.408. The Morgan fingerprint density at radius 3 is 2.67 bits per heavy atom. The van der Waals surface area contributed by atoms with E-state index in [9.17, 15) is 4.79 Å². The van der Waals surface area contributed by atoms with Crippen LogP contribution in [0.3, 0.4) is 0 Å². The third-order valence-corrected chi connectivity index (χ3v) is 5.61. The number of hydrogen-bond donors (Lipinski definition) is 0. The molecule has 1 aromatic carbocycles. The molecule has 2 aliphatic rings. The fraction of sp³-hybridized carbons (Fsp3) is 0.250. The molecule has 1 spiro atoms. The summed E-state index contributed by atoms with van der Waals surface area (Å²) in [5.74, 6) is 0.546. The normalized spacial score (nSPS) is 25.1. The highest BCUT2D eigenvalue weighted by molar-refractivity contribution is 6.12. The first kappa shape index (κ1) is 13.7. The average molecular weight is 315 g/mol. The highest BCUT2D eigenvalue weighted by Crippen LogP contribution is 2.59. The van der Waals surface area contributed by atoms with Gasteiger partial charge in [-0.1, -0.05) is 24.3 Å². The van der Waals surface area contributed by atoms with Gasteiger partial charge in [0.15, 0.2) is 0 Å². The first-order valence-electron chi connectivity index (χ1n) is 8.28. The van der Waals surface area contributed by atoms with Gasteiger partial charge in [-0.2, -0.15) is 0 Å². The second-order valence-corrected chi connectivity index (χ2v) is 6.84. The van der Waals surface area contributed by atoms with Crippen LogP contribution in [0.5, 0.6) is 0 Å². The van der Waals surface area contributed by atoms with Gasteiger partial charge in [-0.3, -0.25) is 14.8 Å². The number of fused-ring (bicyclic) bond motifs is 4. The average Bonchev–Trinajstić information content (AvgIpc) is 2.83. The van der Waals surface area contributed by atoms with E-state index in [2.05, 4.69) is 22.1 Å². The number of carbonyl (C=O) groups is 1. The van der Waals surface area contributed by atoms with Gasteiger partial charge in [-0.25, -0.2) is 0 Å². The summed E-state index contributed by atoms with van der Waals surface area (Å²) in [6, 6.07) is 14.1. The lowest BCUT2D eigenvalue weighted by atomic mass is 9.57. The van der Waals surface area contributed by atoms with Crippen molar-refractivity contribution in [2.45, 2.75) is 24.2 Å². The predicted molar refractivity (Wildman–Crippen MR) is 93.0 cm³/mol. The van der Waals surface area contributed by atoms with Gasteiger partial charge >= 0.3 is 0 Å². The summed E-state index contributed by atoms with van der Waals surface area (Å²) in [4.78, 5) is 23.9. The zero-order chi connectivity index (χ0) is 16.3. The lowest BCUT2D eigenvalue weighted by Crippen LogP contribution is -2.48. The molecular formula is C20H17N3O. The molecule has 5 rings (SSSR count). The Morgan fingerprint density at radius 1 is 1.08 bits per heavy atom. The minimum absolute atomic E-state index is 0.197. The molecule has 0 radical (unpaired) electrons. The first-order chi connectivity index (χ1) is 11.7. The maximum absolute atomic E-state index is 13.1. The third-order valence-electron chi connectivity index (χ3n) is 5.61. The van der Waals surface area contributed by atoms with E-state index in [1.54, 1.807) is 4.90 Å². The van der Waals surface area contributed by atoms with Crippen LogP contribution in [0.15, 0.2) is 54.9 Å². The van der Waals surface area contributed by atoms with Crippen LogP contribution >= 0.6 is 0 Å². The monoisotopic (exact) mass is 315 g/mol. The lowest BCUT2D eigenvalue weighted by molar-refractivity contribution is -0.126. The molecule has 2 aromatic heterocycles. The minimum Gasteiger partial charge on any atom is -0.313 e. The number of nitrogens with zero attached hydrogens (tertiary/aromatic N) is 3.